The molecule has 0 saturated carbocycles. The maximum Gasteiger partial charge on any atom is 0.249 e. The number of carbonyl (C=O) groups excluding carboxylic acids is 1. The molecular weight excluding hydrogens is 382 g/mol. The van der Waals surface area contributed by atoms with Crippen LogP contribution < -0.4 is 14.8 Å². The van der Waals surface area contributed by atoms with Gasteiger partial charge < -0.3 is 19.3 Å². The highest BCUT2D eigenvalue weighted by atomic mass is 16.7. The Hall–Kier alpha value is -3.35. The summed E-state index contributed by atoms with van der Waals surface area (Å²) in [4.78, 5) is 17.2. The molecule has 1 amide bonds. The zero-order valence-corrected chi connectivity index (χ0v) is 17.1. The fourth-order valence-electron chi connectivity index (χ4n) is 3.35. The molecule has 156 valence electrons. The molecule has 2 heterocycles. The maximum absolute atomic E-state index is 12.6. The summed E-state index contributed by atoms with van der Waals surface area (Å²) in [6, 6.07) is 15.1. The van der Waals surface area contributed by atoms with Crippen LogP contribution in [0, 0.1) is 5.92 Å². The van der Waals surface area contributed by atoms with Crippen LogP contribution in [0.5, 0.6) is 11.5 Å². The molecule has 0 saturated heterocycles. The van der Waals surface area contributed by atoms with Gasteiger partial charge in [0.2, 0.25) is 24.4 Å². The standard InChI is InChI=1S/C23H25N3O4/c1-3-15(2)21(24-20(27)12-9-16-7-5-4-6-8-16)23-25-22(26-30-23)17-10-11-18-19(13-17)29-14-28-18/h4-8,10-11,13,15,21H,3,9,12,14H2,1-2H3,(H,24,27)/t15-,21+/m1/s1. The number of nitrogens with zero attached hydrogens (tertiary/aromatic N) is 2. The fourth-order valence-corrected chi connectivity index (χ4v) is 3.35. The second-order valence-corrected chi connectivity index (χ2v) is 7.44. The van der Waals surface area contributed by atoms with E-state index in [9.17, 15) is 4.79 Å². The van der Waals surface area contributed by atoms with Crippen LogP contribution in [-0.4, -0.2) is 22.8 Å². The van der Waals surface area contributed by atoms with Crippen molar-refractivity contribution in [3.05, 3.63) is 60.0 Å². The number of hydrogen-bond donors (Lipinski definition) is 1. The summed E-state index contributed by atoms with van der Waals surface area (Å²) in [5, 5.41) is 7.20. The van der Waals surface area contributed by atoms with E-state index in [1.807, 2.05) is 48.5 Å². The average molecular weight is 407 g/mol. The lowest BCUT2D eigenvalue weighted by Crippen LogP contribution is -2.32. The van der Waals surface area contributed by atoms with Gasteiger partial charge in [0.25, 0.3) is 0 Å². The second-order valence-electron chi connectivity index (χ2n) is 7.44. The van der Waals surface area contributed by atoms with Crippen molar-refractivity contribution in [2.24, 2.45) is 5.92 Å². The topological polar surface area (TPSA) is 86.5 Å². The van der Waals surface area contributed by atoms with Crippen LogP contribution >= 0.6 is 0 Å². The van der Waals surface area contributed by atoms with Crippen molar-refractivity contribution < 1.29 is 18.8 Å². The molecule has 1 aromatic heterocycles. The summed E-state index contributed by atoms with van der Waals surface area (Å²) in [7, 11) is 0. The average Bonchev–Trinajstić information content (AvgIpc) is 3.45. The zero-order valence-electron chi connectivity index (χ0n) is 17.1. The van der Waals surface area contributed by atoms with Crippen LogP contribution in [0.3, 0.4) is 0 Å². The molecule has 0 spiro atoms. The van der Waals surface area contributed by atoms with E-state index in [2.05, 4.69) is 29.3 Å². The van der Waals surface area contributed by atoms with Crippen LogP contribution in [0.2, 0.25) is 0 Å². The maximum atomic E-state index is 12.6. The van der Waals surface area contributed by atoms with E-state index in [1.165, 1.54) is 0 Å². The van der Waals surface area contributed by atoms with E-state index >= 15 is 0 Å². The number of amides is 1. The monoisotopic (exact) mass is 407 g/mol. The van der Waals surface area contributed by atoms with Crippen molar-refractivity contribution >= 4 is 5.91 Å². The predicted octanol–water partition coefficient (Wildman–Crippen LogP) is 4.30. The molecule has 7 nitrogen and oxygen atoms in total. The molecule has 1 aliphatic heterocycles. The third-order valence-corrected chi connectivity index (χ3v) is 5.35. The molecule has 1 N–H and O–H groups in total. The molecule has 3 aromatic rings. The first-order chi connectivity index (χ1) is 14.6. The van der Waals surface area contributed by atoms with E-state index in [0.717, 1.165) is 17.5 Å². The van der Waals surface area contributed by atoms with Gasteiger partial charge in [-0.25, -0.2) is 0 Å². The van der Waals surface area contributed by atoms with Gasteiger partial charge in [0, 0.05) is 12.0 Å². The fraction of sp³-hybridized carbons (Fsp3) is 0.348. The van der Waals surface area contributed by atoms with Gasteiger partial charge in [-0.1, -0.05) is 55.8 Å². The van der Waals surface area contributed by atoms with Crippen LogP contribution in [-0.2, 0) is 11.2 Å². The molecular formula is C23H25N3O4. The Labute approximate surface area is 175 Å². The normalized spacial score (nSPS) is 14.3. The van der Waals surface area contributed by atoms with Crippen molar-refractivity contribution in [1.82, 2.24) is 15.5 Å². The van der Waals surface area contributed by atoms with Crippen LogP contribution in [0.15, 0.2) is 53.1 Å². The molecule has 0 aliphatic carbocycles. The van der Waals surface area contributed by atoms with E-state index in [1.54, 1.807) is 0 Å². The first-order valence-corrected chi connectivity index (χ1v) is 10.2. The Bertz CT molecular complexity index is 1000. The van der Waals surface area contributed by atoms with E-state index in [-0.39, 0.29) is 24.7 Å². The van der Waals surface area contributed by atoms with Crippen molar-refractivity contribution in [2.45, 2.75) is 39.2 Å². The van der Waals surface area contributed by atoms with Crippen molar-refractivity contribution in [3.8, 4) is 22.9 Å². The Balaban J connectivity index is 1.46. The molecule has 2 aromatic carbocycles. The van der Waals surface area contributed by atoms with E-state index in [4.69, 9.17) is 14.0 Å². The van der Waals surface area contributed by atoms with Gasteiger partial charge in [-0.2, -0.15) is 4.98 Å². The smallest absolute Gasteiger partial charge is 0.249 e. The highest BCUT2D eigenvalue weighted by Crippen LogP contribution is 2.35. The number of aromatic nitrogens is 2. The molecule has 0 bridgehead atoms. The second kappa shape index (κ2) is 8.98. The molecule has 30 heavy (non-hydrogen) atoms. The molecule has 1 aliphatic rings. The van der Waals surface area contributed by atoms with Gasteiger partial charge in [-0.15, -0.1) is 0 Å². The SMILES string of the molecule is CC[C@@H](C)[C@H](NC(=O)CCc1ccccc1)c1nc(-c2ccc3c(c2)OCO3)no1. The lowest BCUT2D eigenvalue weighted by Gasteiger charge is -2.20. The minimum absolute atomic E-state index is 0.0352. The van der Waals surface area contributed by atoms with Crippen molar-refractivity contribution in [2.75, 3.05) is 6.79 Å². The minimum atomic E-state index is -0.339. The minimum Gasteiger partial charge on any atom is -0.454 e. The van der Waals surface area contributed by atoms with E-state index < -0.39 is 0 Å². The Morgan fingerprint density at radius 2 is 1.93 bits per heavy atom. The molecule has 0 unspecified atom stereocenters. The zero-order chi connectivity index (χ0) is 20.9. The number of hydrogen-bond acceptors (Lipinski definition) is 6. The Morgan fingerprint density at radius 1 is 1.13 bits per heavy atom. The van der Waals surface area contributed by atoms with Crippen LogP contribution in [0.25, 0.3) is 11.4 Å². The summed E-state index contributed by atoms with van der Waals surface area (Å²) in [5.74, 6) is 2.33. The van der Waals surface area contributed by atoms with Crippen molar-refractivity contribution in [3.63, 3.8) is 0 Å². The molecule has 7 heteroatoms. The third-order valence-electron chi connectivity index (χ3n) is 5.35. The number of ether oxygens (including phenoxy) is 2. The Morgan fingerprint density at radius 3 is 2.73 bits per heavy atom. The molecule has 4 rings (SSSR count). The summed E-state index contributed by atoms with van der Waals surface area (Å²) < 4.78 is 16.3. The lowest BCUT2D eigenvalue weighted by atomic mass is 9.98. The number of rotatable bonds is 8. The van der Waals surface area contributed by atoms with Gasteiger partial charge in [0.15, 0.2) is 11.5 Å². The number of benzene rings is 2. The van der Waals surface area contributed by atoms with Gasteiger partial charge in [-0.05, 0) is 36.1 Å². The first kappa shape index (κ1) is 19.9. The van der Waals surface area contributed by atoms with E-state index in [0.29, 0.717) is 36.1 Å². The number of fused-ring (bicyclic) bond motifs is 1. The first-order valence-electron chi connectivity index (χ1n) is 10.2. The summed E-state index contributed by atoms with van der Waals surface area (Å²) >= 11 is 0. The quantitative estimate of drug-likeness (QED) is 0.599. The highest BCUT2D eigenvalue weighted by molar-refractivity contribution is 5.76. The highest BCUT2D eigenvalue weighted by Gasteiger charge is 2.27. The van der Waals surface area contributed by atoms with Gasteiger partial charge in [0.1, 0.15) is 6.04 Å². The van der Waals surface area contributed by atoms with Crippen LogP contribution in [0.4, 0.5) is 0 Å². The predicted molar refractivity (Wildman–Crippen MR) is 111 cm³/mol. The summed E-state index contributed by atoms with van der Waals surface area (Å²) in [5.41, 5.74) is 1.91. The molecule has 0 radical (unpaired) electrons. The number of carbonyl (C=O) groups is 1. The largest absolute Gasteiger partial charge is 0.454 e. The van der Waals surface area contributed by atoms with Gasteiger partial charge >= 0.3 is 0 Å². The number of aryl methyl sites for hydroxylation is 1. The van der Waals surface area contributed by atoms with Gasteiger partial charge in [-0.3, -0.25) is 4.79 Å². The lowest BCUT2D eigenvalue weighted by molar-refractivity contribution is -0.122. The summed E-state index contributed by atoms with van der Waals surface area (Å²) in [6.07, 6.45) is 1.96. The Kier molecular flexibility index (Phi) is 5.97. The molecule has 2 atom stereocenters. The van der Waals surface area contributed by atoms with Gasteiger partial charge in [0.05, 0.1) is 0 Å². The van der Waals surface area contributed by atoms with Crippen LogP contribution in [0.1, 0.15) is 44.2 Å². The van der Waals surface area contributed by atoms with Crippen molar-refractivity contribution in [1.29, 1.82) is 0 Å². The summed E-state index contributed by atoms with van der Waals surface area (Å²) in [6.45, 7) is 4.34. The number of nitrogens with one attached hydrogen (secondary N) is 1. The molecule has 0 fully saturated rings. The third kappa shape index (κ3) is 4.45.